The van der Waals surface area contributed by atoms with Gasteiger partial charge >= 0.3 is 0 Å². The first-order chi connectivity index (χ1) is 3.15. The van der Waals surface area contributed by atoms with Crippen molar-refractivity contribution in [2.75, 3.05) is 0 Å². The van der Waals surface area contributed by atoms with Crippen molar-refractivity contribution in [2.45, 2.75) is 6.92 Å². The summed E-state index contributed by atoms with van der Waals surface area (Å²) in [5, 5.41) is 7.42. The lowest BCUT2D eigenvalue weighted by molar-refractivity contribution is -0.134. The molecule has 0 saturated carbocycles. The van der Waals surface area contributed by atoms with Crippen molar-refractivity contribution in [3.63, 3.8) is 0 Å². The maximum Gasteiger partial charge on any atom is 0.300 e. The number of carboxylic acids is 1. The molecule has 5 heteroatoms. The van der Waals surface area contributed by atoms with Gasteiger partial charge in [-0.25, -0.2) is 8.42 Å². The molecule has 0 aliphatic heterocycles. The van der Waals surface area contributed by atoms with Crippen LogP contribution in [0.2, 0.25) is 0 Å². The molecule has 0 aliphatic carbocycles. The van der Waals surface area contributed by atoms with E-state index in [0.717, 1.165) is 6.92 Å². The van der Waals surface area contributed by atoms with Gasteiger partial charge in [0.05, 0.1) is 0 Å². The Labute approximate surface area is 43.8 Å². The molecule has 0 unspecified atom stereocenters. The quantitative estimate of drug-likeness (QED) is 0.446. The average Bonchev–Trinajstić information content (AvgIpc) is 1.33. The molecule has 7 heavy (non-hydrogen) atoms. The smallest absolute Gasteiger partial charge is 0.300 e. The first kappa shape index (κ1) is 9.65. The molecule has 0 aliphatic rings. The SMILES string of the molecule is CC(=O)O.O=[SH2]=O. The number of hydrogen-bond donors (Lipinski definition) is 1. The second-order valence-electron chi connectivity index (χ2n) is 0.602. The van der Waals surface area contributed by atoms with E-state index in [1.165, 1.54) is 0 Å². The maximum absolute atomic E-state index is 9.00. The van der Waals surface area contributed by atoms with E-state index >= 15 is 0 Å². The fourth-order valence-corrected chi connectivity index (χ4v) is 0. The van der Waals surface area contributed by atoms with E-state index in [4.69, 9.17) is 18.3 Å². The molecular weight excluding hydrogens is 120 g/mol. The number of rotatable bonds is 0. The Bertz CT molecular complexity index is 77.7. The highest BCUT2D eigenvalue weighted by Crippen LogP contribution is 1.42. The second kappa shape index (κ2) is 9.05. The lowest BCUT2D eigenvalue weighted by Gasteiger charge is -1.59. The number of carbonyl (C=O) groups is 1. The van der Waals surface area contributed by atoms with Crippen LogP contribution in [0.15, 0.2) is 0 Å². The van der Waals surface area contributed by atoms with Crippen molar-refractivity contribution in [3.8, 4) is 0 Å². The van der Waals surface area contributed by atoms with Crippen molar-refractivity contribution in [1.29, 1.82) is 0 Å². The van der Waals surface area contributed by atoms with Crippen LogP contribution in [0.3, 0.4) is 0 Å². The van der Waals surface area contributed by atoms with Crippen molar-refractivity contribution in [3.05, 3.63) is 0 Å². The molecule has 0 rings (SSSR count). The van der Waals surface area contributed by atoms with E-state index in [9.17, 15) is 0 Å². The van der Waals surface area contributed by atoms with Gasteiger partial charge in [-0.2, -0.15) is 0 Å². The Morgan fingerprint density at radius 1 is 1.57 bits per heavy atom. The summed E-state index contributed by atoms with van der Waals surface area (Å²) in [5.74, 6) is -0.833. The Balaban J connectivity index is 0. The third-order valence-electron chi connectivity index (χ3n) is 0. The van der Waals surface area contributed by atoms with Gasteiger partial charge in [-0.15, -0.1) is 0 Å². The zero-order chi connectivity index (χ0) is 6.28. The molecule has 0 fully saturated rings. The fraction of sp³-hybridized carbons (Fsp3) is 0.500. The second-order valence-corrected chi connectivity index (χ2v) is 0.769. The van der Waals surface area contributed by atoms with Crippen LogP contribution in [0.25, 0.3) is 0 Å². The molecular formula is C2H6O4S. The molecule has 0 saturated heterocycles. The van der Waals surface area contributed by atoms with Crippen LogP contribution < -0.4 is 0 Å². The summed E-state index contributed by atoms with van der Waals surface area (Å²) in [6.45, 7) is 1.08. The van der Waals surface area contributed by atoms with Crippen LogP contribution in [-0.4, -0.2) is 19.5 Å². The number of aliphatic carboxylic acids is 1. The molecule has 0 heterocycles. The highest BCUT2D eigenvalue weighted by molar-refractivity contribution is 7.51. The summed E-state index contributed by atoms with van der Waals surface area (Å²) in [7, 11) is 0. The van der Waals surface area contributed by atoms with E-state index in [1.807, 2.05) is 0 Å². The molecule has 0 amide bonds. The molecule has 0 aromatic carbocycles. The van der Waals surface area contributed by atoms with E-state index in [0.29, 0.717) is 0 Å². The summed E-state index contributed by atoms with van der Waals surface area (Å²) in [4.78, 5) is 9.00. The van der Waals surface area contributed by atoms with Crippen molar-refractivity contribution in [1.82, 2.24) is 0 Å². The first-order valence-corrected chi connectivity index (χ1v) is 2.15. The van der Waals surface area contributed by atoms with Gasteiger partial charge in [-0.3, -0.25) is 4.79 Å². The molecule has 44 valence electrons. The van der Waals surface area contributed by atoms with Crippen LogP contribution >= 0.6 is 0 Å². The van der Waals surface area contributed by atoms with Gasteiger partial charge in [-0.05, 0) is 0 Å². The molecule has 1 N–H and O–H groups in total. The fourth-order valence-electron chi connectivity index (χ4n) is 0. The van der Waals surface area contributed by atoms with Crippen molar-refractivity contribution >= 4 is 17.5 Å². The highest BCUT2D eigenvalue weighted by atomic mass is 32.1. The lowest BCUT2D eigenvalue weighted by Crippen LogP contribution is -1.78. The van der Waals surface area contributed by atoms with Gasteiger partial charge in [0.25, 0.3) is 5.97 Å². The Morgan fingerprint density at radius 2 is 1.57 bits per heavy atom. The predicted octanol–water partition coefficient (Wildman–Crippen LogP) is -1.11. The van der Waals surface area contributed by atoms with Crippen LogP contribution in [0, 0.1) is 0 Å². The molecule has 0 atom stereocenters. The van der Waals surface area contributed by atoms with Gasteiger partial charge in [0.2, 0.25) is 0 Å². The van der Waals surface area contributed by atoms with E-state index in [-0.39, 0.29) is 0 Å². The van der Waals surface area contributed by atoms with E-state index in [2.05, 4.69) is 0 Å². The lowest BCUT2D eigenvalue weighted by atomic mass is 10.9. The van der Waals surface area contributed by atoms with Gasteiger partial charge in [-0.1, -0.05) is 0 Å². The molecule has 0 aromatic rings. The van der Waals surface area contributed by atoms with E-state index < -0.39 is 17.5 Å². The monoisotopic (exact) mass is 126 g/mol. The summed E-state index contributed by atoms with van der Waals surface area (Å²) >= 11 is -1.42. The van der Waals surface area contributed by atoms with E-state index in [1.54, 1.807) is 0 Å². The standard InChI is InChI=1S/C2H4O2.H2O2S/c1-2(3)4;1-3-2/h1H3,(H,3,4);3H2. The molecule has 0 radical (unpaired) electrons. The van der Waals surface area contributed by atoms with Gasteiger partial charge in [0.15, 0.2) is 0 Å². The summed E-state index contributed by atoms with van der Waals surface area (Å²) in [6, 6.07) is 0. The third kappa shape index (κ3) is 188. The highest BCUT2D eigenvalue weighted by Gasteiger charge is 1.65. The van der Waals surface area contributed by atoms with Crippen LogP contribution in [0.1, 0.15) is 6.92 Å². The summed E-state index contributed by atoms with van der Waals surface area (Å²) in [6.07, 6.45) is 0. The molecule has 0 bridgehead atoms. The minimum absolute atomic E-state index is 0.833. The number of hydrogen-bond acceptors (Lipinski definition) is 3. The zero-order valence-corrected chi connectivity index (χ0v) is 4.67. The van der Waals surface area contributed by atoms with Crippen LogP contribution in [0.4, 0.5) is 0 Å². The van der Waals surface area contributed by atoms with Gasteiger partial charge in [0, 0.05) is 6.92 Å². The largest absolute Gasteiger partial charge is 0.481 e. The molecule has 4 nitrogen and oxygen atoms in total. The minimum Gasteiger partial charge on any atom is -0.481 e. The maximum atomic E-state index is 9.00. The third-order valence-corrected chi connectivity index (χ3v) is 0. The van der Waals surface area contributed by atoms with Crippen molar-refractivity contribution in [2.24, 2.45) is 0 Å². The Hall–Kier alpha value is -0.580. The zero-order valence-electron chi connectivity index (χ0n) is 3.67. The Kier molecular flexibility index (Phi) is 12.5. The average molecular weight is 126 g/mol. The molecule has 0 spiro atoms. The van der Waals surface area contributed by atoms with Crippen LogP contribution in [-0.2, 0) is 16.4 Å². The molecule has 0 aromatic heterocycles. The predicted molar refractivity (Wildman–Crippen MR) is 25.0 cm³/mol. The first-order valence-electron chi connectivity index (χ1n) is 1.34. The number of carboxylic acid groups (broad SMARTS) is 1. The Morgan fingerprint density at radius 3 is 1.57 bits per heavy atom. The van der Waals surface area contributed by atoms with Crippen LogP contribution in [0.5, 0.6) is 0 Å². The summed E-state index contributed by atoms with van der Waals surface area (Å²) in [5.41, 5.74) is 0. The summed E-state index contributed by atoms with van der Waals surface area (Å²) < 4.78 is 16.8. The van der Waals surface area contributed by atoms with Gasteiger partial charge in [0.1, 0.15) is 11.6 Å². The minimum atomic E-state index is -1.42. The normalized spacial score (nSPS) is 5.86. The topological polar surface area (TPSA) is 71.4 Å². The van der Waals surface area contributed by atoms with Gasteiger partial charge < -0.3 is 5.11 Å². The van der Waals surface area contributed by atoms with Crippen molar-refractivity contribution < 1.29 is 18.3 Å².